The lowest BCUT2D eigenvalue weighted by molar-refractivity contribution is -0.108. The number of hydrogen-bond acceptors (Lipinski definition) is 9. The predicted molar refractivity (Wildman–Crippen MR) is 123 cm³/mol. The molecule has 2 N–H and O–H groups in total. The zero-order valence-corrected chi connectivity index (χ0v) is 19.8. The summed E-state index contributed by atoms with van der Waals surface area (Å²) < 4.78 is 27.3. The minimum Gasteiger partial charge on any atom is -0.380 e. The first-order chi connectivity index (χ1) is 15.8. The van der Waals surface area contributed by atoms with Crippen molar-refractivity contribution in [1.29, 1.82) is 0 Å². The highest BCUT2D eigenvalue weighted by Gasteiger charge is 2.42. The van der Waals surface area contributed by atoms with Crippen LogP contribution in [0.1, 0.15) is 32.1 Å². The molecule has 9 heteroatoms. The number of hydrogen-bond donors (Lipinski definition) is 1. The van der Waals surface area contributed by atoms with Crippen molar-refractivity contribution in [3.63, 3.8) is 0 Å². The molecule has 0 aromatic heterocycles. The van der Waals surface area contributed by atoms with Crippen LogP contribution in [0.3, 0.4) is 0 Å². The number of unbranched alkanes of at least 4 members (excludes halogenated alkanes) is 2. The third-order valence-corrected chi connectivity index (χ3v) is 5.98. The second kappa shape index (κ2) is 18.7. The first kappa shape index (κ1) is 27.6. The van der Waals surface area contributed by atoms with E-state index in [-0.39, 0.29) is 0 Å². The number of fused-ring (bicyclic) bond motifs is 2. The van der Waals surface area contributed by atoms with E-state index in [0.717, 1.165) is 38.5 Å². The van der Waals surface area contributed by atoms with Gasteiger partial charge in [0.25, 0.3) is 0 Å². The van der Waals surface area contributed by atoms with Gasteiger partial charge < -0.3 is 34.2 Å². The molecule has 188 valence electrons. The molecule has 2 rings (SSSR count). The Labute approximate surface area is 193 Å². The lowest BCUT2D eigenvalue weighted by atomic mass is 10.2. The SMILES string of the molecule is NCCOCCCCCN1CC2C[C@H]1CN2CCOCCOCCOCCOCCC=O. The number of likely N-dealkylation sites (tertiary alicyclic amines) is 2. The van der Waals surface area contributed by atoms with Crippen LogP contribution in [0.5, 0.6) is 0 Å². The molecule has 0 spiro atoms. The van der Waals surface area contributed by atoms with Crippen molar-refractivity contribution in [2.75, 3.05) is 98.8 Å². The van der Waals surface area contributed by atoms with Gasteiger partial charge in [-0.15, -0.1) is 0 Å². The number of piperazine rings is 1. The summed E-state index contributed by atoms with van der Waals surface area (Å²) in [6, 6.07) is 1.43. The number of carbonyl (C=O) groups is 1. The van der Waals surface area contributed by atoms with Crippen molar-refractivity contribution in [3.05, 3.63) is 0 Å². The van der Waals surface area contributed by atoms with E-state index < -0.39 is 0 Å². The third kappa shape index (κ3) is 12.0. The van der Waals surface area contributed by atoms with Gasteiger partial charge in [0.2, 0.25) is 0 Å². The monoisotopic (exact) mass is 459 g/mol. The molecular formula is C23H45N3O6. The molecule has 9 nitrogen and oxygen atoms in total. The number of nitrogens with two attached hydrogens (primary N) is 1. The van der Waals surface area contributed by atoms with Gasteiger partial charge in [0.05, 0.1) is 59.5 Å². The van der Waals surface area contributed by atoms with Crippen LogP contribution in [-0.2, 0) is 28.5 Å². The zero-order valence-electron chi connectivity index (χ0n) is 19.8. The van der Waals surface area contributed by atoms with Crippen LogP contribution in [0.25, 0.3) is 0 Å². The molecule has 2 fully saturated rings. The highest BCUT2D eigenvalue weighted by molar-refractivity contribution is 5.49. The molecule has 2 saturated heterocycles. The Hall–Kier alpha value is -0.650. The van der Waals surface area contributed by atoms with Crippen molar-refractivity contribution < 1.29 is 28.5 Å². The molecule has 32 heavy (non-hydrogen) atoms. The van der Waals surface area contributed by atoms with Crippen molar-refractivity contribution in [1.82, 2.24) is 9.80 Å². The molecule has 0 aromatic rings. The topological polar surface area (TPSA) is 95.7 Å². The van der Waals surface area contributed by atoms with Crippen LogP contribution in [0.2, 0.25) is 0 Å². The van der Waals surface area contributed by atoms with E-state index >= 15 is 0 Å². The zero-order chi connectivity index (χ0) is 22.7. The molecule has 0 aliphatic carbocycles. The Morgan fingerprint density at radius 1 is 0.656 bits per heavy atom. The molecule has 0 radical (unpaired) electrons. The van der Waals surface area contributed by atoms with Crippen molar-refractivity contribution in [2.24, 2.45) is 5.73 Å². The predicted octanol–water partition coefficient (Wildman–Crippen LogP) is 0.546. The highest BCUT2D eigenvalue weighted by atomic mass is 16.6. The van der Waals surface area contributed by atoms with E-state index in [0.29, 0.717) is 71.9 Å². The fourth-order valence-corrected chi connectivity index (χ4v) is 4.34. The van der Waals surface area contributed by atoms with Gasteiger partial charge >= 0.3 is 0 Å². The van der Waals surface area contributed by atoms with Crippen LogP contribution < -0.4 is 5.73 Å². The van der Waals surface area contributed by atoms with Gasteiger partial charge in [-0.1, -0.05) is 0 Å². The first-order valence-corrected chi connectivity index (χ1v) is 12.4. The fourth-order valence-electron chi connectivity index (χ4n) is 4.34. The van der Waals surface area contributed by atoms with E-state index in [2.05, 4.69) is 9.80 Å². The maximum absolute atomic E-state index is 10.1. The number of carbonyl (C=O) groups excluding carboxylic acids is 1. The summed E-state index contributed by atoms with van der Waals surface area (Å²) in [5.41, 5.74) is 5.42. The average molecular weight is 460 g/mol. The van der Waals surface area contributed by atoms with E-state index in [1.807, 2.05) is 0 Å². The Bertz CT molecular complexity index is 459. The van der Waals surface area contributed by atoms with Gasteiger partial charge in [-0.05, 0) is 32.2 Å². The molecule has 2 atom stereocenters. The summed E-state index contributed by atoms with van der Waals surface area (Å²) in [5, 5.41) is 0. The summed E-state index contributed by atoms with van der Waals surface area (Å²) in [6.45, 7) is 11.4. The van der Waals surface area contributed by atoms with Crippen molar-refractivity contribution in [2.45, 2.75) is 44.2 Å². The molecule has 0 saturated carbocycles. The van der Waals surface area contributed by atoms with Gasteiger partial charge in [0.1, 0.15) is 6.29 Å². The molecule has 2 aliphatic rings. The number of aldehydes is 1. The maximum atomic E-state index is 10.1. The number of nitrogens with zero attached hydrogens (tertiary/aromatic N) is 2. The smallest absolute Gasteiger partial charge is 0.122 e. The van der Waals surface area contributed by atoms with Gasteiger partial charge in [-0.25, -0.2) is 0 Å². The fraction of sp³-hybridized carbons (Fsp3) is 0.957. The number of ether oxygens (including phenoxy) is 5. The molecule has 2 heterocycles. The molecule has 2 aliphatic heterocycles. The van der Waals surface area contributed by atoms with E-state index in [9.17, 15) is 4.79 Å². The molecular weight excluding hydrogens is 414 g/mol. The van der Waals surface area contributed by atoms with E-state index in [4.69, 9.17) is 29.4 Å². The molecule has 1 unspecified atom stereocenters. The lowest BCUT2D eigenvalue weighted by Crippen LogP contribution is -2.47. The van der Waals surface area contributed by atoms with Crippen molar-refractivity contribution >= 4 is 6.29 Å². The average Bonchev–Trinajstić information content (AvgIpc) is 3.39. The summed E-state index contributed by atoms with van der Waals surface area (Å²) in [6.07, 6.45) is 6.24. The van der Waals surface area contributed by atoms with Gasteiger partial charge in [-0.2, -0.15) is 0 Å². The second-order valence-corrected chi connectivity index (χ2v) is 8.40. The molecule has 2 bridgehead atoms. The van der Waals surface area contributed by atoms with Gasteiger partial charge in [-0.3, -0.25) is 9.80 Å². The Morgan fingerprint density at radius 2 is 1.22 bits per heavy atom. The highest BCUT2D eigenvalue weighted by Crippen LogP contribution is 2.30. The summed E-state index contributed by atoms with van der Waals surface area (Å²) in [5.74, 6) is 0. The second-order valence-electron chi connectivity index (χ2n) is 8.40. The Balaban J connectivity index is 1.33. The summed E-state index contributed by atoms with van der Waals surface area (Å²) in [4.78, 5) is 15.4. The van der Waals surface area contributed by atoms with Gasteiger partial charge in [0, 0.05) is 51.3 Å². The van der Waals surface area contributed by atoms with E-state index in [1.165, 1.54) is 38.9 Å². The van der Waals surface area contributed by atoms with Crippen LogP contribution in [-0.4, -0.2) is 127 Å². The molecule has 0 aromatic carbocycles. The van der Waals surface area contributed by atoms with Crippen LogP contribution in [0.4, 0.5) is 0 Å². The maximum Gasteiger partial charge on any atom is 0.122 e. The Kier molecular flexibility index (Phi) is 16.2. The standard InChI is InChI=1S/C23H45N3O6/c24-5-11-28-9-3-1-2-6-25-20-23-19-22(25)21-26(23)7-12-30-14-16-32-18-17-31-15-13-29-10-4-8-27/h8,22-23H,1-7,9-21,24H2/t22-,23?/m0/s1. The quantitative estimate of drug-likeness (QED) is 0.174. The van der Waals surface area contributed by atoms with Crippen LogP contribution >= 0.6 is 0 Å². The minimum absolute atomic E-state index is 0.438. The third-order valence-electron chi connectivity index (χ3n) is 5.98. The van der Waals surface area contributed by atoms with Crippen molar-refractivity contribution in [3.8, 4) is 0 Å². The van der Waals surface area contributed by atoms with Crippen LogP contribution in [0, 0.1) is 0 Å². The first-order valence-electron chi connectivity index (χ1n) is 12.4. The Morgan fingerprint density at radius 3 is 1.81 bits per heavy atom. The van der Waals surface area contributed by atoms with E-state index in [1.54, 1.807) is 0 Å². The summed E-state index contributed by atoms with van der Waals surface area (Å²) >= 11 is 0. The normalized spacial score (nSPS) is 21.0. The van der Waals surface area contributed by atoms with Gasteiger partial charge in [0.15, 0.2) is 0 Å². The number of rotatable bonds is 23. The largest absolute Gasteiger partial charge is 0.380 e. The lowest BCUT2D eigenvalue weighted by Gasteiger charge is -2.34. The minimum atomic E-state index is 0.438. The van der Waals surface area contributed by atoms with Crippen LogP contribution in [0.15, 0.2) is 0 Å². The molecule has 0 amide bonds. The summed E-state index contributed by atoms with van der Waals surface area (Å²) in [7, 11) is 0.